The molecule has 1 atom stereocenters. The smallest absolute Gasteiger partial charge is 0.0786 e. The van der Waals surface area contributed by atoms with E-state index >= 15 is 0 Å². The number of nitrogens with one attached hydrogen (secondary N) is 1. The number of halogens is 1. The van der Waals surface area contributed by atoms with Gasteiger partial charge in [0.2, 0.25) is 0 Å². The summed E-state index contributed by atoms with van der Waals surface area (Å²) in [6, 6.07) is 4.16. The minimum Gasteiger partial charge on any atom is -0.379 e. The van der Waals surface area contributed by atoms with Gasteiger partial charge in [0.1, 0.15) is 0 Å². The molecule has 0 aliphatic carbocycles. The summed E-state index contributed by atoms with van der Waals surface area (Å²) in [6.45, 7) is 3.49. The summed E-state index contributed by atoms with van der Waals surface area (Å²) in [4.78, 5) is 1.19. The summed E-state index contributed by atoms with van der Waals surface area (Å²) in [5.74, 6) is 5.46. The Bertz CT molecular complexity index is 267. The van der Waals surface area contributed by atoms with Crippen LogP contribution in [-0.2, 0) is 4.74 Å². The predicted octanol–water partition coefficient (Wildman–Crippen LogP) is 2.44. The van der Waals surface area contributed by atoms with Gasteiger partial charge in [0.25, 0.3) is 0 Å². The summed E-state index contributed by atoms with van der Waals surface area (Å²) >= 11 is 5.09. The lowest BCUT2D eigenvalue weighted by Gasteiger charge is -2.13. The van der Waals surface area contributed by atoms with Crippen molar-refractivity contribution in [2.75, 3.05) is 13.2 Å². The van der Waals surface area contributed by atoms with E-state index in [-0.39, 0.29) is 6.04 Å². The number of nitrogens with two attached hydrogens (primary N) is 1. The van der Waals surface area contributed by atoms with Crippen molar-refractivity contribution < 1.29 is 4.74 Å². The number of hydrazine groups is 1. The van der Waals surface area contributed by atoms with E-state index in [1.807, 2.05) is 6.07 Å². The van der Waals surface area contributed by atoms with E-state index in [2.05, 4.69) is 34.3 Å². The van der Waals surface area contributed by atoms with Gasteiger partial charge < -0.3 is 4.74 Å². The van der Waals surface area contributed by atoms with Crippen LogP contribution in [0.15, 0.2) is 15.9 Å². The number of hydrogen-bond donors (Lipinski definition) is 2. The lowest BCUT2D eigenvalue weighted by molar-refractivity contribution is 0.113. The Morgan fingerprint density at radius 3 is 2.93 bits per heavy atom. The standard InChI is InChI=1S/C9H15BrN2OS/c1-2-5-13-6-7(12-11)8-3-4-9(10)14-8/h3-4,7,12H,2,5-6,11H2,1H3. The largest absolute Gasteiger partial charge is 0.379 e. The maximum Gasteiger partial charge on any atom is 0.0786 e. The highest BCUT2D eigenvalue weighted by Gasteiger charge is 2.11. The van der Waals surface area contributed by atoms with Crippen molar-refractivity contribution in [3.05, 3.63) is 20.8 Å². The first-order valence-corrected chi connectivity index (χ1v) is 6.18. The molecule has 0 aliphatic heterocycles. The van der Waals surface area contributed by atoms with Crippen LogP contribution in [0.25, 0.3) is 0 Å². The molecule has 0 amide bonds. The lowest BCUT2D eigenvalue weighted by Crippen LogP contribution is -2.30. The van der Waals surface area contributed by atoms with Crippen molar-refractivity contribution in [2.45, 2.75) is 19.4 Å². The quantitative estimate of drug-likeness (QED) is 0.477. The van der Waals surface area contributed by atoms with Gasteiger partial charge in [0, 0.05) is 11.5 Å². The van der Waals surface area contributed by atoms with E-state index in [1.165, 1.54) is 4.88 Å². The van der Waals surface area contributed by atoms with Crippen molar-refractivity contribution in [2.24, 2.45) is 5.84 Å². The third kappa shape index (κ3) is 3.67. The molecule has 1 rings (SSSR count). The summed E-state index contributed by atoms with van der Waals surface area (Å²) in [7, 11) is 0. The first-order valence-electron chi connectivity index (χ1n) is 4.57. The second-order valence-electron chi connectivity index (χ2n) is 2.94. The molecular weight excluding hydrogens is 264 g/mol. The van der Waals surface area contributed by atoms with E-state index in [0.717, 1.165) is 16.8 Å². The zero-order valence-electron chi connectivity index (χ0n) is 8.13. The molecule has 3 nitrogen and oxygen atoms in total. The van der Waals surface area contributed by atoms with E-state index < -0.39 is 0 Å². The highest BCUT2D eigenvalue weighted by molar-refractivity contribution is 9.11. The minimum absolute atomic E-state index is 0.0952. The minimum atomic E-state index is 0.0952. The van der Waals surface area contributed by atoms with Gasteiger partial charge in [-0.25, -0.2) is 5.43 Å². The second-order valence-corrected chi connectivity index (χ2v) is 5.43. The molecule has 1 aromatic heterocycles. The fourth-order valence-corrected chi connectivity index (χ4v) is 2.54. The van der Waals surface area contributed by atoms with Crippen LogP contribution in [0.5, 0.6) is 0 Å². The van der Waals surface area contributed by atoms with Crippen molar-refractivity contribution >= 4 is 27.3 Å². The van der Waals surface area contributed by atoms with E-state index in [0.29, 0.717) is 6.61 Å². The summed E-state index contributed by atoms with van der Waals surface area (Å²) in [5.41, 5.74) is 2.76. The molecule has 1 heterocycles. The first-order chi connectivity index (χ1) is 6.77. The third-order valence-corrected chi connectivity index (χ3v) is 3.51. The molecule has 0 bridgehead atoms. The van der Waals surface area contributed by atoms with Crippen LogP contribution in [0.4, 0.5) is 0 Å². The van der Waals surface area contributed by atoms with Gasteiger partial charge in [-0.2, -0.15) is 0 Å². The molecule has 0 saturated carbocycles. The summed E-state index contributed by atoms with van der Waals surface area (Å²) in [5, 5.41) is 0. The number of rotatable bonds is 6. The van der Waals surface area contributed by atoms with E-state index in [9.17, 15) is 0 Å². The molecule has 1 unspecified atom stereocenters. The van der Waals surface area contributed by atoms with Crippen LogP contribution in [0.3, 0.4) is 0 Å². The fraction of sp³-hybridized carbons (Fsp3) is 0.556. The topological polar surface area (TPSA) is 47.3 Å². The highest BCUT2D eigenvalue weighted by Crippen LogP contribution is 2.27. The van der Waals surface area contributed by atoms with Crippen molar-refractivity contribution in [1.29, 1.82) is 0 Å². The Morgan fingerprint density at radius 2 is 2.43 bits per heavy atom. The fourth-order valence-electron chi connectivity index (χ4n) is 1.07. The zero-order chi connectivity index (χ0) is 10.4. The molecule has 0 aromatic carbocycles. The summed E-state index contributed by atoms with van der Waals surface area (Å²) < 4.78 is 6.56. The van der Waals surface area contributed by atoms with E-state index in [1.54, 1.807) is 11.3 Å². The molecule has 14 heavy (non-hydrogen) atoms. The maximum absolute atomic E-state index is 5.46. The van der Waals surface area contributed by atoms with Crippen molar-refractivity contribution in [1.82, 2.24) is 5.43 Å². The van der Waals surface area contributed by atoms with Crippen molar-refractivity contribution in [3.63, 3.8) is 0 Å². The van der Waals surface area contributed by atoms with Crippen LogP contribution in [0.2, 0.25) is 0 Å². The van der Waals surface area contributed by atoms with Gasteiger partial charge >= 0.3 is 0 Å². The molecule has 0 aliphatic rings. The average Bonchev–Trinajstić information content (AvgIpc) is 2.60. The molecule has 0 spiro atoms. The molecule has 5 heteroatoms. The maximum atomic E-state index is 5.46. The Labute approximate surface area is 96.7 Å². The molecule has 0 fully saturated rings. The average molecular weight is 279 g/mol. The summed E-state index contributed by atoms with van der Waals surface area (Å²) in [6.07, 6.45) is 1.03. The van der Waals surface area contributed by atoms with Crippen LogP contribution >= 0.6 is 27.3 Å². The van der Waals surface area contributed by atoms with Gasteiger partial charge in [-0.3, -0.25) is 5.84 Å². The number of ether oxygens (including phenoxy) is 1. The van der Waals surface area contributed by atoms with Gasteiger partial charge in [-0.15, -0.1) is 11.3 Å². The van der Waals surface area contributed by atoms with Gasteiger partial charge in [0.15, 0.2) is 0 Å². The molecule has 80 valence electrons. The highest BCUT2D eigenvalue weighted by atomic mass is 79.9. The number of hydrogen-bond acceptors (Lipinski definition) is 4. The van der Waals surface area contributed by atoms with Gasteiger partial charge in [-0.1, -0.05) is 6.92 Å². The Kier molecular flexibility index (Phi) is 5.66. The number of thiophene rings is 1. The Morgan fingerprint density at radius 1 is 1.64 bits per heavy atom. The van der Waals surface area contributed by atoms with E-state index in [4.69, 9.17) is 10.6 Å². The monoisotopic (exact) mass is 278 g/mol. The molecule has 1 aromatic rings. The van der Waals surface area contributed by atoms with Crippen LogP contribution in [0.1, 0.15) is 24.3 Å². The second kappa shape index (κ2) is 6.53. The Hall–Kier alpha value is 0.0600. The molecular formula is C9H15BrN2OS. The van der Waals surface area contributed by atoms with Gasteiger partial charge in [-0.05, 0) is 34.5 Å². The Balaban J connectivity index is 2.45. The van der Waals surface area contributed by atoms with Crippen LogP contribution in [0, 0.1) is 0 Å². The van der Waals surface area contributed by atoms with Crippen molar-refractivity contribution in [3.8, 4) is 0 Å². The molecule has 3 N–H and O–H groups in total. The molecule has 0 radical (unpaired) electrons. The first kappa shape index (κ1) is 12.1. The lowest BCUT2D eigenvalue weighted by atomic mass is 10.3. The normalized spacial score (nSPS) is 13.1. The third-order valence-electron chi connectivity index (χ3n) is 1.77. The molecule has 0 saturated heterocycles. The zero-order valence-corrected chi connectivity index (χ0v) is 10.5. The SMILES string of the molecule is CCCOCC(NN)c1ccc(Br)s1. The van der Waals surface area contributed by atoms with Crippen LogP contribution in [-0.4, -0.2) is 13.2 Å². The van der Waals surface area contributed by atoms with Gasteiger partial charge in [0.05, 0.1) is 16.4 Å². The van der Waals surface area contributed by atoms with Crippen LogP contribution < -0.4 is 11.3 Å². The predicted molar refractivity (Wildman–Crippen MR) is 63.2 cm³/mol.